The molecule has 1 heterocycles. The Kier molecular flexibility index (Phi) is 5.96. The molecule has 2 aromatic carbocycles. The van der Waals surface area contributed by atoms with E-state index >= 15 is 0 Å². The van der Waals surface area contributed by atoms with E-state index in [-0.39, 0.29) is 11.7 Å². The quantitative estimate of drug-likeness (QED) is 0.652. The molecule has 1 saturated heterocycles. The third-order valence-electron chi connectivity index (χ3n) is 4.19. The maximum absolute atomic E-state index is 13.4. The SMILES string of the molecule is Cc1ccccc1NC(=NC[C@H]1CCCO1)NC(=O)c1cccc(F)c1. The fourth-order valence-corrected chi connectivity index (χ4v) is 2.74. The summed E-state index contributed by atoms with van der Waals surface area (Å²) in [6.07, 6.45) is 2.05. The molecule has 0 aromatic heterocycles. The molecule has 1 amide bonds. The monoisotopic (exact) mass is 355 g/mol. The van der Waals surface area contributed by atoms with Crippen LogP contribution in [0.2, 0.25) is 0 Å². The summed E-state index contributed by atoms with van der Waals surface area (Å²) in [5.74, 6) is -0.553. The van der Waals surface area contributed by atoms with Gasteiger partial charge in [0.05, 0.1) is 12.6 Å². The molecule has 6 heteroatoms. The fraction of sp³-hybridized carbons (Fsp3) is 0.300. The van der Waals surface area contributed by atoms with Gasteiger partial charge in [-0.05, 0) is 49.6 Å². The molecule has 0 unspecified atom stereocenters. The van der Waals surface area contributed by atoms with Gasteiger partial charge in [0, 0.05) is 17.9 Å². The molecule has 0 spiro atoms. The van der Waals surface area contributed by atoms with E-state index in [1.54, 1.807) is 6.07 Å². The van der Waals surface area contributed by atoms with Crippen LogP contribution in [0.4, 0.5) is 10.1 Å². The number of guanidine groups is 1. The fourth-order valence-electron chi connectivity index (χ4n) is 2.74. The molecule has 1 fully saturated rings. The molecule has 0 saturated carbocycles. The van der Waals surface area contributed by atoms with Crippen LogP contribution >= 0.6 is 0 Å². The van der Waals surface area contributed by atoms with Crippen LogP contribution in [0, 0.1) is 12.7 Å². The molecule has 0 bridgehead atoms. The number of nitrogens with zero attached hydrogens (tertiary/aromatic N) is 1. The minimum atomic E-state index is -0.456. The van der Waals surface area contributed by atoms with E-state index in [2.05, 4.69) is 15.6 Å². The summed E-state index contributed by atoms with van der Waals surface area (Å²) in [4.78, 5) is 16.9. The second-order valence-electron chi connectivity index (χ2n) is 6.23. The van der Waals surface area contributed by atoms with Crippen LogP contribution < -0.4 is 10.6 Å². The van der Waals surface area contributed by atoms with Crippen molar-refractivity contribution in [3.05, 3.63) is 65.5 Å². The van der Waals surface area contributed by atoms with Gasteiger partial charge in [-0.2, -0.15) is 0 Å². The molecule has 2 aromatic rings. The van der Waals surface area contributed by atoms with Crippen LogP contribution in [-0.4, -0.2) is 31.1 Å². The third-order valence-corrected chi connectivity index (χ3v) is 4.19. The van der Waals surface area contributed by atoms with Gasteiger partial charge in [-0.25, -0.2) is 9.38 Å². The molecular weight excluding hydrogens is 333 g/mol. The summed E-state index contributed by atoms with van der Waals surface area (Å²) in [6.45, 7) is 3.17. The topological polar surface area (TPSA) is 62.7 Å². The Morgan fingerprint density at radius 1 is 1.27 bits per heavy atom. The largest absolute Gasteiger partial charge is 0.376 e. The lowest BCUT2D eigenvalue weighted by molar-refractivity contribution is 0.0975. The number of hydrogen-bond donors (Lipinski definition) is 2. The number of carbonyl (C=O) groups excluding carboxylic acids is 1. The number of anilines is 1. The van der Waals surface area contributed by atoms with Gasteiger partial charge < -0.3 is 10.1 Å². The van der Waals surface area contributed by atoms with Crippen LogP contribution in [0.15, 0.2) is 53.5 Å². The van der Waals surface area contributed by atoms with E-state index in [9.17, 15) is 9.18 Å². The molecule has 1 aliphatic heterocycles. The van der Waals surface area contributed by atoms with Gasteiger partial charge in [0.2, 0.25) is 5.96 Å². The van der Waals surface area contributed by atoms with Crippen LogP contribution in [0.5, 0.6) is 0 Å². The van der Waals surface area contributed by atoms with Crippen molar-refractivity contribution in [2.45, 2.75) is 25.9 Å². The summed E-state index contributed by atoms with van der Waals surface area (Å²) in [7, 11) is 0. The van der Waals surface area contributed by atoms with Crippen molar-refractivity contribution in [2.24, 2.45) is 4.99 Å². The van der Waals surface area contributed by atoms with Crippen molar-refractivity contribution in [1.82, 2.24) is 5.32 Å². The molecule has 0 radical (unpaired) electrons. The van der Waals surface area contributed by atoms with E-state index in [1.807, 2.05) is 31.2 Å². The lowest BCUT2D eigenvalue weighted by atomic mass is 10.2. The first-order valence-corrected chi connectivity index (χ1v) is 8.67. The van der Waals surface area contributed by atoms with E-state index < -0.39 is 11.7 Å². The second kappa shape index (κ2) is 8.58. The third kappa shape index (κ3) is 4.89. The minimum absolute atomic E-state index is 0.0646. The summed E-state index contributed by atoms with van der Waals surface area (Å²) >= 11 is 0. The molecular formula is C20H22FN3O2. The maximum Gasteiger partial charge on any atom is 0.258 e. The average molecular weight is 355 g/mol. The van der Waals surface area contributed by atoms with Crippen LogP contribution in [0.3, 0.4) is 0 Å². The van der Waals surface area contributed by atoms with Crippen molar-refractivity contribution in [1.29, 1.82) is 0 Å². The molecule has 1 aliphatic rings. The Bertz CT molecular complexity index is 801. The zero-order valence-corrected chi connectivity index (χ0v) is 14.7. The van der Waals surface area contributed by atoms with Gasteiger partial charge in [0.15, 0.2) is 0 Å². The molecule has 136 valence electrons. The minimum Gasteiger partial charge on any atom is -0.376 e. The number of hydrogen-bond acceptors (Lipinski definition) is 3. The highest BCUT2D eigenvalue weighted by molar-refractivity contribution is 6.10. The average Bonchev–Trinajstić information content (AvgIpc) is 3.15. The van der Waals surface area contributed by atoms with Crippen LogP contribution in [0.1, 0.15) is 28.8 Å². The Hall–Kier alpha value is -2.73. The molecule has 2 N–H and O–H groups in total. The Morgan fingerprint density at radius 2 is 2.12 bits per heavy atom. The van der Waals surface area contributed by atoms with Crippen LogP contribution in [-0.2, 0) is 4.74 Å². The van der Waals surface area contributed by atoms with E-state index in [1.165, 1.54) is 18.2 Å². The second-order valence-corrected chi connectivity index (χ2v) is 6.23. The first-order chi connectivity index (χ1) is 12.6. The first-order valence-electron chi connectivity index (χ1n) is 8.67. The number of nitrogens with one attached hydrogen (secondary N) is 2. The Morgan fingerprint density at radius 3 is 2.85 bits per heavy atom. The number of ether oxygens (including phenoxy) is 1. The van der Waals surface area contributed by atoms with Gasteiger partial charge in [-0.15, -0.1) is 0 Å². The number of aliphatic imine (C=N–C) groups is 1. The normalized spacial score (nSPS) is 17.2. The molecule has 1 atom stereocenters. The molecule has 0 aliphatic carbocycles. The van der Waals surface area contributed by atoms with E-state index in [4.69, 9.17) is 4.74 Å². The number of amides is 1. The summed E-state index contributed by atoms with van der Waals surface area (Å²) < 4.78 is 19.0. The van der Waals surface area contributed by atoms with Gasteiger partial charge >= 0.3 is 0 Å². The van der Waals surface area contributed by atoms with Gasteiger partial charge in [-0.3, -0.25) is 10.1 Å². The smallest absolute Gasteiger partial charge is 0.258 e. The lowest BCUT2D eigenvalue weighted by Gasteiger charge is -2.14. The predicted octanol–water partition coefficient (Wildman–Crippen LogP) is 3.51. The predicted molar refractivity (Wildman–Crippen MR) is 99.9 cm³/mol. The lowest BCUT2D eigenvalue weighted by Crippen LogP contribution is -2.37. The molecule has 26 heavy (non-hydrogen) atoms. The zero-order chi connectivity index (χ0) is 18.4. The summed E-state index contributed by atoms with van der Waals surface area (Å²) in [5.41, 5.74) is 2.11. The number of carbonyl (C=O) groups is 1. The molecule has 3 rings (SSSR count). The summed E-state index contributed by atoms with van der Waals surface area (Å²) in [6, 6.07) is 13.3. The number of rotatable bonds is 4. The van der Waals surface area contributed by atoms with Gasteiger partial charge in [0.25, 0.3) is 5.91 Å². The van der Waals surface area contributed by atoms with Gasteiger partial charge in [-0.1, -0.05) is 24.3 Å². The van der Waals surface area contributed by atoms with Crippen molar-refractivity contribution in [2.75, 3.05) is 18.5 Å². The van der Waals surface area contributed by atoms with Crippen molar-refractivity contribution in [3.8, 4) is 0 Å². The molecule has 5 nitrogen and oxygen atoms in total. The summed E-state index contributed by atoms with van der Waals surface area (Å²) in [5, 5.41) is 5.89. The van der Waals surface area contributed by atoms with Crippen molar-refractivity contribution in [3.63, 3.8) is 0 Å². The maximum atomic E-state index is 13.4. The standard InChI is InChI=1S/C20H22FN3O2/c1-14-6-2-3-10-18(14)23-20(22-13-17-9-5-11-26-17)24-19(25)15-7-4-8-16(21)12-15/h2-4,6-8,10,12,17H,5,9,11,13H2,1H3,(H2,22,23,24,25)/t17-/m1/s1. The van der Waals surface area contributed by atoms with Crippen molar-refractivity contribution >= 4 is 17.6 Å². The van der Waals surface area contributed by atoms with Crippen LogP contribution in [0.25, 0.3) is 0 Å². The Balaban J connectivity index is 1.76. The number of aryl methyl sites for hydroxylation is 1. The number of benzene rings is 2. The number of halogens is 1. The highest BCUT2D eigenvalue weighted by atomic mass is 19.1. The zero-order valence-electron chi connectivity index (χ0n) is 14.7. The van der Waals surface area contributed by atoms with E-state index in [0.29, 0.717) is 12.5 Å². The van der Waals surface area contributed by atoms with Gasteiger partial charge in [0.1, 0.15) is 5.82 Å². The highest BCUT2D eigenvalue weighted by Gasteiger charge is 2.16. The Labute approximate surface area is 152 Å². The van der Waals surface area contributed by atoms with Crippen molar-refractivity contribution < 1.29 is 13.9 Å². The van der Waals surface area contributed by atoms with E-state index in [0.717, 1.165) is 30.7 Å². The first kappa shape index (κ1) is 18.1. The number of para-hydroxylation sites is 1. The highest BCUT2D eigenvalue weighted by Crippen LogP contribution is 2.14.